The Hall–Kier alpha value is -0.840. The van der Waals surface area contributed by atoms with E-state index in [1.807, 2.05) is 6.92 Å². The minimum Gasteiger partial charge on any atom is -0.469 e. The van der Waals surface area contributed by atoms with E-state index >= 15 is 0 Å². The molecule has 0 heterocycles. The van der Waals surface area contributed by atoms with Gasteiger partial charge in [0.15, 0.2) is 5.11 Å². The first-order valence-corrected chi connectivity index (χ1v) is 5.53. The molecule has 1 saturated carbocycles. The third kappa shape index (κ3) is 3.06. The van der Waals surface area contributed by atoms with Crippen LogP contribution in [0.15, 0.2) is 0 Å². The number of methoxy groups -OCH3 is 1. The van der Waals surface area contributed by atoms with Gasteiger partial charge in [0.05, 0.1) is 12.5 Å². The van der Waals surface area contributed by atoms with Gasteiger partial charge in [-0.2, -0.15) is 0 Å². The lowest BCUT2D eigenvalue weighted by Crippen LogP contribution is -2.44. The van der Waals surface area contributed by atoms with Gasteiger partial charge in [0.2, 0.25) is 0 Å². The Kier molecular flexibility index (Phi) is 3.90. The van der Waals surface area contributed by atoms with Crippen LogP contribution in [0.2, 0.25) is 0 Å². The zero-order valence-electron chi connectivity index (χ0n) is 9.21. The summed E-state index contributed by atoms with van der Waals surface area (Å²) in [6, 6.07) is 0.306. The number of thiocarbonyl (C=S) groups is 1. The maximum Gasteiger partial charge on any atom is 0.311 e. The van der Waals surface area contributed by atoms with Crippen molar-refractivity contribution in [3.8, 4) is 0 Å². The maximum atomic E-state index is 11.5. The molecule has 0 saturated heterocycles. The molecule has 15 heavy (non-hydrogen) atoms. The highest BCUT2D eigenvalue weighted by Gasteiger charge is 2.38. The summed E-state index contributed by atoms with van der Waals surface area (Å²) in [6.07, 6.45) is 3.45. The molecule has 0 spiro atoms. The molecule has 86 valence electrons. The van der Waals surface area contributed by atoms with Gasteiger partial charge in [-0.15, -0.1) is 0 Å². The topological polar surface area (TPSA) is 64.3 Å². The Morgan fingerprint density at radius 3 is 2.47 bits per heavy atom. The van der Waals surface area contributed by atoms with E-state index in [1.165, 1.54) is 7.11 Å². The van der Waals surface area contributed by atoms with Gasteiger partial charge in [-0.3, -0.25) is 4.79 Å². The molecule has 0 aromatic carbocycles. The predicted molar refractivity (Wildman–Crippen MR) is 62.3 cm³/mol. The number of carbonyl (C=O) groups excluding carboxylic acids is 1. The molecule has 0 radical (unpaired) electrons. The van der Waals surface area contributed by atoms with Crippen molar-refractivity contribution >= 4 is 23.3 Å². The lowest BCUT2D eigenvalue weighted by atomic mass is 9.74. The first-order valence-electron chi connectivity index (χ1n) is 5.12. The zero-order chi connectivity index (χ0) is 11.5. The molecule has 5 heteroatoms. The highest BCUT2D eigenvalue weighted by atomic mass is 32.1. The normalized spacial score (nSPS) is 30.7. The lowest BCUT2D eigenvalue weighted by molar-refractivity contribution is -0.153. The molecule has 4 nitrogen and oxygen atoms in total. The summed E-state index contributed by atoms with van der Waals surface area (Å²) in [4.78, 5) is 11.5. The summed E-state index contributed by atoms with van der Waals surface area (Å²) < 4.78 is 4.80. The van der Waals surface area contributed by atoms with Gasteiger partial charge in [0.25, 0.3) is 0 Å². The van der Waals surface area contributed by atoms with E-state index in [-0.39, 0.29) is 11.4 Å². The fourth-order valence-corrected chi connectivity index (χ4v) is 2.22. The van der Waals surface area contributed by atoms with Crippen LogP contribution in [0.1, 0.15) is 32.6 Å². The minimum absolute atomic E-state index is 0.115. The van der Waals surface area contributed by atoms with E-state index in [9.17, 15) is 4.79 Å². The number of hydrogen-bond acceptors (Lipinski definition) is 3. The van der Waals surface area contributed by atoms with Crippen LogP contribution in [0.5, 0.6) is 0 Å². The Morgan fingerprint density at radius 2 is 2.07 bits per heavy atom. The quantitative estimate of drug-likeness (QED) is 0.546. The van der Waals surface area contributed by atoms with Gasteiger partial charge < -0.3 is 15.8 Å². The van der Waals surface area contributed by atoms with E-state index in [4.69, 9.17) is 22.7 Å². The van der Waals surface area contributed by atoms with Crippen molar-refractivity contribution in [2.75, 3.05) is 7.11 Å². The van der Waals surface area contributed by atoms with Crippen LogP contribution in [-0.2, 0) is 9.53 Å². The van der Waals surface area contributed by atoms with Crippen LogP contribution in [0, 0.1) is 5.41 Å². The molecule has 0 aliphatic heterocycles. The number of nitrogens with one attached hydrogen (secondary N) is 1. The molecule has 3 N–H and O–H groups in total. The van der Waals surface area contributed by atoms with E-state index in [0.717, 1.165) is 25.7 Å². The average Bonchev–Trinajstić information content (AvgIpc) is 2.20. The molecular weight excluding hydrogens is 212 g/mol. The van der Waals surface area contributed by atoms with Crippen LogP contribution < -0.4 is 11.1 Å². The van der Waals surface area contributed by atoms with Gasteiger partial charge in [-0.25, -0.2) is 0 Å². The van der Waals surface area contributed by atoms with E-state index in [1.54, 1.807) is 0 Å². The number of esters is 1. The van der Waals surface area contributed by atoms with Gasteiger partial charge in [-0.1, -0.05) is 0 Å². The van der Waals surface area contributed by atoms with Gasteiger partial charge in [0, 0.05) is 6.04 Å². The first-order chi connectivity index (χ1) is 6.98. The summed E-state index contributed by atoms with van der Waals surface area (Å²) in [7, 11) is 1.44. The van der Waals surface area contributed by atoms with Crippen molar-refractivity contribution in [2.24, 2.45) is 11.1 Å². The fraction of sp³-hybridized carbons (Fsp3) is 0.800. The third-order valence-corrected chi connectivity index (χ3v) is 3.23. The second-order valence-electron chi connectivity index (χ2n) is 4.34. The SMILES string of the molecule is COC(=O)C1(C)CCC(NC(N)=S)CC1. The highest BCUT2D eigenvalue weighted by molar-refractivity contribution is 7.80. The molecule has 0 aromatic rings. The molecule has 0 aromatic heterocycles. The largest absolute Gasteiger partial charge is 0.469 e. The van der Waals surface area contributed by atoms with Gasteiger partial charge >= 0.3 is 5.97 Å². The van der Waals surface area contributed by atoms with Crippen molar-refractivity contribution in [3.05, 3.63) is 0 Å². The second kappa shape index (κ2) is 4.79. The molecule has 0 unspecified atom stereocenters. The Morgan fingerprint density at radius 1 is 1.53 bits per heavy atom. The van der Waals surface area contributed by atoms with Crippen LogP contribution in [0.4, 0.5) is 0 Å². The van der Waals surface area contributed by atoms with Crippen molar-refractivity contribution in [1.29, 1.82) is 0 Å². The number of carbonyl (C=O) groups is 1. The summed E-state index contributed by atoms with van der Waals surface area (Å²) in [5.41, 5.74) is 5.08. The van der Waals surface area contributed by atoms with E-state index in [2.05, 4.69) is 5.32 Å². The number of hydrogen-bond donors (Lipinski definition) is 2. The lowest BCUT2D eigenvalue weighted by Gasteiger charge is -2.35. The van der Waals surface area contributed by atoms with Gasteiger partial charge in [-0.05, 0) is 44.8 Å². The molecule has 1 aliphatic carbocycles. The minimum atomic E-state index is -0.330. The maximum absolute atomic E-state index is 11.5. The Balaban J connectivity index is 2.47. The van der Waals surface area contributed by atoms with E-state index < -0.39 is 0 Å². The Labute approximate surface area is 95.5 Å². The average molecular weight is 230 g/mol. The molecule has 0 bridgehead atoms. The van der Waals surface area contributed by atoms with Crippen molar-refractivity contribution in [3.63, 3.8) is 0 Å². The Bertz CT molecular complexity index is 260. The third-order valence-electron chi connectivity index (χ3n) is 3.11. The monoisotopic (exact) mass is 230 g/mol. The predicted octanol–water partition coefficient (Wildman–Crippen LogP) is 0.942. The molecule has 1 aliphatic rings. The summed E-state index contributed by atoms with van der Waals surface area (Å²) in [6.45, 7) is 1.95. The second-order valence-corrected chi connectivity index (χ2v) is 4.77. The van der Waals surface area contributed by atoms with Crippen LogP contribution in [-0.4, -0.2) is 24.2 Å². The molecule has 1 rings (SSSR count). The first kappa shape index (κ1) is 12.2. The van der Waals surface area contributed by atoms with Gasteiger partial charge in [0.1, 0.15) is 0 Å². The van der Waals surface area contributed by atoms with Crippen LogP contribution >= 0.6 is 12.2 Å². The number of nitrogens with two attached hydrogens (primary N) is 1. The summed E-state index contributed by atoms with van der Waals surface area (Å²) >= 11 is 4.78. The highest BCUT2D eigenvalue weighted by Crippen LogP contribution is 2.36. The van der Waals surface area contributed by atoms with E-state index in [0.29, 0.717) is 11.2 Å². The molecular formula is C10H18N2O2S. The summed E-state index contributed by atoms with van der Waals surface area (Å²) in [5, 5.41) is 3.37. The zero-order valence-corrected chi connectivity index (χ0v) is 10.0. The molecule has 0 atom stereocenters. The number of ether oxygens (including phenoxy) is 1. The fourth-order valence-electron chi connectivity index (χ4n) is 2.05. The van der Waals surface area contributed by atoms with Crippen molar-refractivity contribution in [1.82, 2.24) is 5.32 Å². The van der Waals surface area contributed by atoms with Crippen molar-refractivity contribution in [2.45, 2.75) is 38.6 Å². The smallest absolute Gasteiger partial charge is 0.311 e. The number of rotatable bonds is 2. The molecule has 1 fully saturated rings. The standard InChI is InChI=1S/C10H18N2O2S/c1-10(8(13)14-2)5-3-7(4-6-10)12-9(11)15/h7H,3-6H2,1-2H3,(H3,11,12,15). The van der Waals surface area contributed by atoms with Crippen LogP contribution in [0.25, 0.3) is 0 Å². The van der Waals surface area contributed by atoms with Crippen molar-refractivity contribution < 1.29 is 9.53 Å². The summed E-state index contributed by atoms with van der Waals surface area (Å²) in [5.74, 6) is -0.115. The molecule has 0 amide bonds. The van der Waals surface area contributed by atoms with Crippen LogP contribution in [0.3, 0.4) is 0 Å².